The fourth-order valence-electron chi connectivity index (χ4n) is 1.39. The van der Waals surface area contributed by atoms with Crippen LogP contribution in [-0.2, 0) is 6.42 Å². The van der Waals surface area contributed by atoms with E-state index in [9.17, 15) is 0 Å². The summed E-state index contributed by atoms with van der Waals surface area (Å²) in [6.07, 6.45) is 2.18. The Morgan fingerprint density at radius 1 is 1.20 bits per heavy atom. The summed E-state index contributed by atoms with van der Waals surface area (Å²) >= 11 is 1.94. The molecule has 0 saturated heterocycles. The zero-order chi connectivity index (χ0) is 11.3. The minimum absolute atomic E-state index is 0.248. The largest absolute Gasteiger partial charge is 0.328 e. The zero-order valence-electron chi connectivity index (χ0n) is 9.86. The molecular formula is C13H21NS. The van der Waals surface area contributed by atoms with Crippen LogP contribution in [0.5, 0.6) is 0 Å². The Labute approximate surface area is 97.4 Å². The van der Waals surface area contributed by atoms with E-state index >= 15 is 0 Å². The molecule has 2 heteroatoms. The van der Waals surface area contributed by atoms with Crippen LogP contribution in [0.2, 0.25) is 0 Å². The van der Waals surface area contributed by atoms with Crippen molar-refractivity contribution in [3.05, 3.63) is 29.8 Å². The average Bonchev–Trinajstić information content (AvgIpc) is 2.20. The first-order valence-electron chi connectivity index (χ1n) is 5.63. The summed E-state index contributed by atoms with van der Waals surface area (Å²) in [7, 11) is 0. The van der Waals surface area contributed by atoms with Crippen LogP contribution < -0.4 is 5.73 Å². The molecule has 1 nitrogen and oxygen atoms in total. The third kappa shape index (κ3) is 4.72. The Morgan fingerprint density at radius 3 is 2.27 bits per heavy atom. The summed E-state index contributed by atoms with van der Waals surface area (Å²) in [4.78, 5) is 1.36. The lowest BCUT2D eigenvalue weighted by Gasteiger charge is -2.09. The Balaban J connectivity index is 2.56. The van der Waals surface area contributed by atoms with E-state index in [-0.39, 0.29) is 6.04 Å². The minimum atomic E-state index is 0.248. The first kappa shape index (κ1) is 12.6. The number of rotatable bonds is 5. The molecule has 2 atom stereocenters. The van der Waals surface area contributed by atoms with Crippen molar-refractivity contribution in [2.24, 2.45) is 5.73 Å². The van der Waals surface area contributed by atoms with E-state index in [4.69, 9.17) is 5.73 Å². The summed E-state index contributed by atoms with van der Waals surface area (Å²) in [6, 6.07) is 9.03. The summed E-state index contributed by atoms with van der Waals surface area (Å²) in [5.74, 6) is 0. The van der Waals surface area contributed by atoms with Crippen molar-refractivity contribution < 1.29 is 0 Å². The summed E-state index contributed by atoms with van der Waals surface area (Å²) < 4.78 is 0. The molecular weight excluding hydrogens is 202 g/mol. The van der Waals surface area contributed by atoms with Gasteiger partial charge in [-0.2, -0.15) is 0 Å². The number of thioether (sulfide) groups is 1. The van der Waals surface area contributed by atoms with Gasteiger partial charge >= 0.3 is 0 Å². The lowest BCUT2D eigenvalue weighted by Crippen LogP contribution is -2.17. The molecule has 0 aliphatic carbocycles. The minimum Gasteiger partial charge on any atom is -0.328 e. The van der Waals surface area contributed by atoms with E-state index in [1.807, 2.05) is 18.7 Å². The van der Waals surface area contributed by atoms with Crippen LogP contribution in [0.3, 0.4) is 0 Å². The average molecular weight is 223 g/mol. The molecule has 0 aliphatic rings. The summed E-state index contributed by atoms with van der Waals surface area (Å²) in [6.45, 7) is 6.53. The monoisotopic (exact) mass is 223 g/mol. The lowest BCUT2D eigenvalue weighted by atomic mass is 10.1. The predicted molar refractivity (Wildman–Crippen MR) is 69.4 cm³/mol. The molecule has 0 saturated carbocycles. The Hall–Kier alpha value is -0.470. The number of hydrogen-bond acceptors (Lipinski definition) is 2. The highest BCUT2D eigenvalue weighted by molar-refractivity contribution is 7.99. The Bertz CT molecular complexity index is 279. The van der Waals surface area contributed by atoms with Crippen LogP contribution >= 0.6 is 11.8 Å². The quantitative estimate of drug-likeness (QED) is 0.774. The molecule has 0 heterocycles. The van der Waals surface area contributed by atoms with Crippen molar-refractivity contribution >= 4 is 11.8 Å². The molecule has 2 unspecified atom stereocenters. The molecule has 0 fully saturated rings. The predicted octanol–water partition coefficient (Wildman–Crippen LogP) is 3.47. The van der Waals surface area contributed by atoms with Crippen molar-refractivity contribution in [1.29, 1.82) is 0 Å². The molecule has 1 aromatic rings. The fraction of sp³-hybridized carbons (Fsp3) is 0.538. The molecule has 0 aromatic heterocycles. The first-order valence-corrected chi connectivity index (χ1v) is 6.51. The molecule has 1 rings (SSSR count). The van der Waals surface area contributed by atoms with E-state index < -0.39 is 0 Å². The van der Waals surface area contributed by atoms with Crippen molar-refractivity contribution in [3.63, 3.8) is 0 Å². The molecule has 0 radical (unpaired) electrons. The Morgan fingerprint density at radius 2 is 1.80 bits per heavy atom. The number of nitrogens with two attached hydrogens (primary N) is 1. The van der Waals surface area contributed by atoms with Gasteiger partial charge in [0, 0.05) is 16.2 Å². The molecule has 15 heavy (non-hydrogen) atoms. The second-order valence-electron chi connectivity index (χ2n) is 4.16. The molecule has 2 N–H and O–H groups in total. The van der Waals surface area contributed by atoms with Gasteiger partial charge in [0.25, 0.3) is 0 Å². The van der Waals surface area contributed by atoms with Gasteiger partial charge in [-0.3, -0.25) is 0 Å². The maximum Gasteiger partial charge on any atom is 0.00748 e. The zero-order valence-corrected chi connectivity index (χ0v) is 10.7. The van der Waals surface area contributed by atoms with Gasteiger partial charge in [0.15, 0.2) is 0 Å². The molecule has 0 aliphatic heterocycles. The van der Waals surface area contributed by atoms with Crippen LogP contribution in [0.15, 0.2) is 29.2 Å². The van der Waals surface area contributed by atoms with Gasteiger partial charge in [0.1, 0.15) is 0 Å². The molecule has 0 bridgehead atoms. The van der Waals surface area contributed by atoms with Crippen molar-refractivity contribution in [1.82, 2.24) is 0 Å². The number of hydrogen-bond donors (Lipinski definition) is 1. The third-order valence-corrected chi connectivity index (χ3v) is 3.67. The van der Waals surface area contributed by atoms with Crippen molar-refractivity contribution in [2.75, 3.05) is 0 Å². The highest BCUT2D eigenvalue weighted by Crippen LogP contribution is 2.25. The topological polar surface area (TPSA) is 26.0 Å². The molecule has 1 aromatic carbocycles. The van der Waals surface area contributed by atoms with E-state index in [1.54, 1.807) is 0 Å². The maximum atomic E-state index is 5.76. The van der Waals surface area contributed by atoms with Gasteiger partial charge in [-0.25, -0.2) is 0 Å². The molecule has 0 spiro atoms. The van der Waals surface area contributed by atoms with Gasteiger partial charge in [-0.05, 0) is 37.5 Å². The van der Waals surface area contributed by atoms with Gasteiger partial charge in [0.05, 0.1) is 0 Å². The summed E-state index contributed by atoms with van der Waals surface area (Å²) in [5.41, 5.74) is 7.09. The van der Waals surface area contributed by atoms with Gasteiger partial charge in [-0.1, -0.05) is 26.0 Å². The normalized spacial score (nSPS) is 14.9. The van der Waals surface area contributed by atoms with E-state index in [1.165, 1.54) is 16.9 Å². The summed E-state index contributed by atoms with van der Waals surface area (Å²) in [5, 5.41) is 0.698. The second kappa shape index (κ2) is 6.19. The fourth-order valence-corrected chi connectivity index (χ4v) is 2.32. The van der Waals surface area contributed by atoms with Gasteiger partial charge in [-0.15, -0.1) is 11.8 Å². The van der Waals surface area contributed by atoms with Crippen molar-refractivity contribution in [2.45, 2.75) is 49.8 Å². The smallest absolute Gasteiger partial charge is 0.00748 e. The van der Waals surface area contributed by atoms with Crippen LogP contribution in [-0.4, -0.2) is 11.3 Å². The van der Waals surface area contributed by atoms with E-state index in [0.29, 0.717) is 5.25 Å². The molecule has 0 amide bonds. The van der Waals surface area contributed by atoms with Crippen LogP contribution in [0.25, 0.3) is 0 Å². The Kier molecular flexibility index (Phi) is 5.20. The SMILES string of the molecule is CCC(C)Sc1ccc(CC(C)N)cc1. The first-order chi connectivity index (χ1) is 7.11. The second-order valence-corrected chi connectivity index (χ2v) is 5.67. The highest BCUT2D eigenvalue weighted by atomic mass is 32.2. The third-order valence-electron chi connectivity index (χ3n) is 2.39. The van der Waals surface area contributed by atoms with Gasteiger partial charge in [0.2, 0.25) is 0 Å². The van der Waals surface area contributed by atoms with E-state index in [2.05, 4.69) is 38.1 Å². The lowest BCUT2D eigenvalue weighted by molar-refractivity contribution is 0.737. The van der Waals surface area contributed by atoms with Crippen LogP contribution in [0, 0.1) is 0 Å². The highest BCUT2D eigenvalue weighted by Gasteiger charge is 2.02. The van der Waals surface area contributed by atoms with Crippen LogP contribution in [0.1, 0.15) is 32.8 Å². The molecule has 84 valence electrons. The van der Waals surface area contributed by atoms with Crippen molar-refractivity contribution in [3.8, 4) is 0 Å². The van der Waals surface area contributed by atoms with Crippen LogP contribution in [0.4, 0.5) is 0 Å². The maximum absolute atomic E-state index is 5.76. The number of benzene rings is 1. The van der Waals surface area contributed by atoms with Gasteiger partial charge < -0.3 is 5.73 Å². The standard InChI is InChI=1S/C13H21NS/c1-4-11(3)15-13-7-5-12(6-8-13)9-10(2)14/h5-8,10-11H,4,9,14H2,1-3H3. The van der Waals surface area contributed by atoms with E-state index in [0.717, 1.165) is 6.42 Å².